The molecule has 22 heavy (non-hydrogen) atoms. The quantitative estimate of drug-likeness (QED) is 0.718. The Hall–Kier alpha value is -2.13. The first-order valence-corrected chi connectivity index (χ1v) is 7.75. The lowest BCUT2D eigenvalue weighted by molar-refractivity contribution is 0.749. The molecule has 9 heteroatoms. The third-order valence-electron chi connectivity index (χ3n) is 3.36. The van der Waals surface area contributed by atoms with Gasteiger partial charge in [0.25, 0.3) is 0 Å². The van der Waals surface area contributed by atoms with E-state index >= 15 is 0 Å². The molecule has 3 heterocycles. The fraction of sp³-hybridized carbons (Fsp3) is 0.308. The highest BCUT2D eigenvalue weighted by Crippen LogP contribution is 2.20. The van der Waals surface area contributed by atoms with E-state index in [1.165, 1.54) is 0 Å². The lowest BCUT2D eigenvalue weighted by Crippen LogP contribution is -2.02. The van der Waals surface area contributed by atoms with Gasteiger partial charge in [-0.25, -0.2) is 4.98 Å². The molecule has 3 aromatic rings. The molecule has 0 aliphatic heterocycles. The summed E-state index contributed by atoms with van der Waals surface area (Å²) in [6.45, 7) is 5.48. The Morgan fingerprint density at radius 3 is 1.77 bits per heavy atom. The van der Waals surface area contributed by atoms with Crippen LogP contribution in [-0.2, 0) is 13.1 Å². The van der Waals surface area contributed by atoms with Gasteiger partial charge in [-0.3, -0.25) is 19.3 Å². The summed E-state index contributed by atoms with van der Waals surface area (Å²) < 4.78 is 4.97. The fourth-order valence-electron chi connectivity index (χ4n) is 2.30. The van der Waals surface area contributed by atoms with Gasteiger partial charge in [0, 0.05) is 13.1 Å². The highest BCUT2D eigenvalue weighted by Gasteiger charge is 2.13. The number of hydrogen-bond donors (Lipinski definition) is 2. The average molecular weight is 333 g/mol. The van der Waals surface area contributed by atoms with Gasteiger partial charge in [0.15, 0.2) is 21.2 Å². The molecule has 0 unspecified atom stereocenters. The van der Waals surface area contributed by atoms with Crippen LogP contribution in [0, 0.1) is 9.54 Å². The average Bonchev–Trinajstić information content (AvgIpc) is 3.09. The SMILES string of the molecule is CCn1c(-c2cccc(-c3n[nH]c(=S)n3CC)n2)n[nH]c1=S. The van der Waals surface area contributed by atoms with Crippen LogP contribution in [0.4, 0.5) is 0 Å². The molecule has 2 N–H and O–H groups in total. The monoisotopic (exact) mass is 333 g/mol. The van der Waals surface area contributed by atoms with E-state index in [9.17, 15) is 0 Å². The van der Waals surface area contributed by atoms with Gasteiger partial charge in [0.05, 0.1) is 0 Å². The molecular formula is C13H15N7S2. The Balaban J connectivity index is 2.14. The maximum atomic E-state index is 5.22. The van der Waals surface area contributed by atoms with Gasteiger partial charge in [-0.1, -0.05) is 6.07 Å². The molecule has 0 saturated carbocycles. The summed E-state index contributed by atoms with van der Waals surface area (Å²) >= 11 is 10.4. The van der Waals surface area contributed by atoms with Gasteiger partial charge in [0.2, 0.25) is 0 Å². The first-order valence-electron chi connectivity index (χ1n) is 6.94. The topological polar surface area (TPSA) is 80.1 Å². The second kappa shape index (κ2) is 5.93. The normalized spacial score (nSPS) is 11.0. The number of nitrogens with zero attached hydrogens (tertiary/aromatic N) is 5. The maximum Gasteiger partial charge on any atom is 0.195 e. The van der Waals surface area contributed by atoms with Crippen LogP contribution in [0.3, 0.4) is 0 Å². The van der Waals surface area contributed by atoms with Crippen LogP contribution in [-0.4, -0.2) is 34.5 Å². The Bertz CT molecular complexity index is 843. The molecule has 0 radical (unpaired) electrons. The van der Waals surface area contributed by atoms with Gasteiger partial charge in [-0.15, -0.1) is 0 Å². The highest BCUT2D eigenvalue weighted by atomic mass is 32.1. The Kier molecular flexibility index (Phi) is 3.99. The van der Waals surface area contributed by atoms with Crippen LogP contribution in [0.25, 0.3) is 23.0 Å². The van der Waals surface area contributed by atoms with Crippen molar-refractivity contribution in [1.29, 1.82) is 0 Å². The van der Waals surface area contributed by atoms with Crippen molar-refractivity contribution in [2.75, 3.05) is 0 Å². The smallest absolute Gasteiger partial charge is 0.195 e. The molecule has 0 spiro atoms. The molecule has 0 fully saturated rings. The van der Waals surface area contributed by atoms with Crippen molar-refractivity contribution in [1.82, 2.24) is 34.5 Å². The van der Waals surface area contributed by atoms with E-state index in [1.807, 2.05) is 41.2 Å². The van der Waals surface area contributed by atoms with Crippen LogP contribution in [0.1, 0.15) is 13.8 Å². The van der Waals surface area contributed by atoms with Gasteiger partial charge in [0.1, 0.15) is 11.4 Å². The third-order valence-corrected chi connectivity index (χ3v) is 3.98. The minimum atomic E-state index is 0.584. The summed E-state index contributed by atoms with van der Waals surface area (Å²) in [6, 6.07) is 5.73. The molecule has 3 aromatic heterocycles. The van der Waals surface area contributed by atoms with E-state index in [4.69, 9.17) is 24.4 Å². The van der Waals surface area contributed by atoms with Gasteiger partial charge >= 0.3 is 0 Å². The standard InChI is InChI=1S/C13H15N7S2/c1-3-19-10(15-17-12(19)21)8-6-5-7-9(14-8)11-16-18-13(22)20(11)4-2/h5-7H,3-4H2,1-2H3,(H,17,21)(H,18,22). The summed E-state index contributed by atoms with van der Waals surface area (Å²) in [4.78, 5) is 4.66. The number of aromatic nitrogens is 7. The van der Waals surface area contributed by atoms with Gasteiger partial charge in [-0.05, 0) is 50.4 Å². The zero-order chi connectivity index (χ0) is 15.7. The minimum Gasteiger partial charge on any atom is -0.299 e. The number of pyridine rings is 1. The van der Waals surface area contributed by atoms with E-state index in [0.29, 0.717) is 21.2 Å². The van der Waals surface area contributed by atoms with Crippen LogP contribution >= 0.6 is 24.4 Å². The van der Waals surface area contributed by atoms with Crippen LogP contribution in [0.5, 0.6) is 0 Å². The number of aromatic amines is 2. The lowest BCUT2D eigenvalue weighted by Gasteiger charge is -2.06. The molecule has 0 saturated heterocycles. The second-order valence-corrected chi connectivity index (χ2v) is 5.37. The van der Waals surface area contributed by atoms with Crippen molar-refractivity contribution in [2.24, 2.45) is 0 Å². The predicted octanol–water partition coefficient (Wildman–Crippen LogP) is 2.96. The van der Waals surface area contributed by atoms with E-state index < -0.39 is 0 Å². The first kappa shape index (κ1) is 14.8. The number of rotatable bonds is 4. The van der Waals surface area contributed by atoms with Crippen molar-refractivity contribution in [2.45, 2.75) is 26.9 Å². The second-order valence-electron chi connectivity index (χ2n) is 4.60. The molecule has 0 aliphatic rings. The van der Waals surface area contributed by atoms with Crippen molar-refractivity contribution in [3.05, 3.63) is 27.7 Å². The largest absolute Gasteiger partial charge is 0.299 e. The van der Waals surface area contributed by atoms with Crippen molar-refractivity contribution >= 4 is 24.4 Å². The van der Waals surface area contributed by atoms with Crippen molar-refractivity contribution in [3.63, 3.8) is 0 Å². The van der Waals surface area contributed by atoms with E-state index in [0.717, 1.165) is 24.5 Å². The molecule has 3 rings (SSSR count). The Morgan fingerprint density at radius 2 is 1.36 bits per heavy atom. The summed E-state index contributed by atoms with van der Waals surface area (Å²) in [7, 11) is 0. The van der Waals surface area contributed by atoms with Crippen LogP contribution in [0.15, 0.2) is 18.2 Å². The van der Waals surface area contributed by atoms with Crippen LogP contribution in [0.2, 0.25) is 0 Å². The lowest BCUT2D eigenvalue weighted by atomic mass is 10.2. The van der Waals surface area contributed by atoms with E-state index in [2.05, 4.69) is 25.4 Å². The number of H-pyrrole nitrogens is 2. The molecule has 0 aliphatic carbocycles. The summed E-state index contributed by atoms with van der Waals surface area (Å²) in [6.07, 6.45) is 0. The number of hydrogen-bond acceptors (Lipinski definition) is 5. The molecule has 0 atom stereocenters. The molecule has 114 valence electrons. The van der Waals surface area contributed by atoms with E-state index in [-0.39, 0.29) is 0 Å². The van der Waals surface area contributed by atoms with Gasteiger partial charge < -0.3 is 0 Å². The molecule has 0 amide bonds. The molecule has 0 bridgehead atoms. The first-order chi connectivity index (χ1) is 10.7. The molecule has 0 aromatic carbocycles. The fourth-order valence-corrected chi connectivity index (χ4v) is 2.82. The zero-order valence-corrected chi connectivity index (χ0v) is 13.8. The molecule has 7 nitrogen and oxygen atoms in total. The Labute approximate surface area is 137 Å². The van der Waals surface area contributed by atoms with Crippen molar-refractivity contribution < 1.29 is 0 Å². The van der Waals surface area contributed by atoms with E-state index in [1.54, 1.807) is 0 Å². The highest BCUT2D eigenvalue weighted by molar-refractivity contribution is 7.71. The summed E-state index contributed by atoms with van der Waals surface area (Å²) in [5, 5.41) is 14.1. The van der Waals surface area contributed by atoms with Crippen molar-refractivity contribution in [3.8, 4) is 23.0 Å². The van der Waals surface area contributed by atoms with Crippen LogP contribution < -0.4 is 0 Å². The zero-order valence-electron chi connectivity index (χ0n) is 12.2. The predicted molar refractivity (Wildman–Crippen MR) is 88.4 cm³/mol. The maximum absolute atomic E-state index is 5.22. The molecular weight excluding hydrogens is 318 g/mol. The Morgan fingerprint density at radius 1 is 0.909 bits per heavy atom. The summed E-state index contributed by atoms with van der Waals surface area (Å²) in [5.74, 6) is 1.43. The summed E-state index contributed by atoms with van der Waals surface area (Å²) in [5.41, 5.74) is 1.48. The number of nitrogens with one attached hydrogen (secondary N) is 2. The third kappa shape index (κ3) is 2.42. The van der Waals surface area contributed by atoms with Gasteiger partial charge in [-0.2, -0.15) is 10.2 Å². The minimum absolute atomic E-state index is 0.584.